The molecule has 0 aromatic heterocycles. The first-order valence-electron chi connectivity index (χ1n) is 9.36. The summed E-state index contributed by atoms with van der Waals surface area (Å²) in [5, 5.41) is 6.77. The van der Waals surface area contributed by atoms with Crippen molar-refractivity contribution >= 4 is 29.9 Å². The topological polar surface area (TPSA) is 58.1 Å². The Labute approximate surface area is 172 Å². The molecule has 3 aliphatic heterocycles. The number of halogens is 1. The Morgan fingerprint density at radius 2 is 2.04 bits per heavy atom. The highest BCUT2D eigenvalue weighted by atomic mass is 127. The lowest BCUT2D eigenvalue weighted by molar-refractivity contribution is -0.0453. The molecule has 1 aromatic rings. The zero-order chi connectivity index (χ0) is 17.1. The van der Waals surface area contributed by atoms with E-state index in [9.17, 15) is 0 Å². The van der Waals surface area contributed by atoms with E-state index < -0.39 is 0 Å². The number of rotatable bonds is 4. The van der Waals surface area contributed by atoms with Crippen LogP contribution in [0.5, 0.6) is 5.75 Å². The van der Waals surface area contributed by atoms with Gasteiger partial charge in [0.1, 0.15) is 11.9 Å². The molecule has 0 bridgehead atoms. The highest BCUT2D eigenvalue weighted by Gasteiger charge is 2.32. The van der Waals surface area contributed by atoms with Crippen LogP contribution in [0.3, 0.4) is 0 Å². The highest BCUT2D eigenvalue weighted by Crippen LogP contribution is 2.27. The molecule has 26 heavy (non-hydrogen) atoms. The molecule has 2 N–H and O–H groups in total. The highest BCUT2D eigenvalue weighted by molar-refractivity contribution is 14.0. The van der Waals surface area contributed by atoms with E-state index in [0.29, 0.717) is 6.04 Å². The van der Waals surface area contributed by atoms with Gasteiger partial charge >= 0.3 is 0 Å². The van der Waals surface area contributed by atoms with Gasteiger partial charge in [-0.1, -0.05) is 18.2 Å². The Bertz CT molecular complexity index is 602. The van der Waals surface area contributed by atoms with Crippen molar-refractivity contribution in [1.29, 1.82) is 0 Å². The number of guanidine groups is 1. The van der Waals surface area contributed by atoms with Gasteiger partial charge in [0, 0.05) is 32.6 Å². The number of aliphatic imine (C=N–C) groups is 1. The van der Waals surface area contributed by atoms with E-state index in [4.69, 9.17) is 9.47 Å². The number of nitrogens with one attached hydrogen (secondary N) is 2. The van der Waals surface area contributed by atoms with Crippen molar-refractivity contribution in [3.63, 3.8) is 0 Å². The van der Waals surface area contributed by atoms with Crippen molar-refractivity contribution in [1.82, 2.24) is 15.5 Å². The summed E-state index contributed by atoms with van der Waals surface area (Å²) < 4.78 is 12.0. The second kappa shape index (κ2) is 9.23. The fourth-order valence-corrected chi connectivity index (χ4v) is 4.02. The lowest BCUT2D eigenvalue weighted by Gasteiger charge is -2.35. The molecule has 6 nitrogen and oxygen atoms in total. The fourth-order valence-electron chi connectivity index (χ4n) is 4.02. The van der Waals surface area contributed by atoms with Crippen molar-refractivity contribution < 1.29 is 9.47 Å². The molecule has 7 heteroatoms. The molecule has 1 aromatic carbocycles. The third kappa shape index (κ3) is 4.61. The Balaban J connectivity index is 0.00000196. The van der Waals surface area contributed by atoms with Crippen molar-refractivity contribution in [2.24, 2.45) is 4.99 Å². The number of ether oxygens (including phenoxy) is 2. The molecule has 0 amide bonds. The monoisotopic (exact) mass is 472 g/mol. The standard InChI is InChI=1S/C19H28N4O2.HI/c1-20-19(21-10-16-9-14-5-2-3-7-18(14)25-16)22-11-17-12-23-8-4-6-15(23)13-24-17;/h2-3,5,7,15-17H,4,6,8-13H2,1H3,(H2,20,21,22);1H. The molecule has 0 spiro atoms. The summed E-state index contributed by atoms with van der Waals surface area (Å²) >= 11 is 0. The van der Waals surface area contributed by atoms with E-state index in [1.807, 2.05) is 12.1 Å². The van der Waals surface area contributed by atoms with Crippen LogP contribution < -0.4 is 15.4 Å². The first kappa shape index (κ1) is 19.7. The summed E-state index contributed by atoms with van der Waals surface area (Å²) in [6.07, 6.45) is 3.93. The molecule has 3 aliphatic rings. The van der Waals surface area contributed by atoms with Gasteiger partial charge in [-0.3, -0.25) is 9.89 Å². The Kier molecular flexibility index (Phi) is 6.99. The molecule has 0 radical (unpaired) electrons. The number of benzene rings is 1. The summed E-state index contributed by atoms with van der Waals surface area (Å²) in [6, 6.07) is 8.90. The van der Waals surface area contributed by atoms with Gasteiger partial charge in [0.2, 0.25) is 0 Å². The zero-order valence-corrected chi connectivity index (χ0v) is 17.6. The van der Waals surface area contributed by atoms with Crippen LogP contribution in [0.4, 0.5) is 0 Å². The third-order valence-electron chi connectivity index (χ3n) is 5.39. The first-order chi connectivity index (χ1) is 12.3. The summed E-state index contributed by atoms with van der Waals surface area (Å²) in [7, 11) is 1.80. The molecule has 0 saturated carbocycles. The Morgan fingerprint density at radius 3 is 2.85 bits per heavy atom. The number of morpholine rings is 1. The van der Waals surface area contributed by atoms with Gasteiger partial charge in [-0.15, -0.1) is 24.0 Å². The smallest absolute Gasteiger partial charge is 0.191 e. The quantitative estimate of drug-likeness (QED) is 0.397. The molecular weight excluding hydrogens is 443 g/mol. The molecular formula is C19H29IN4O2. The minimum absolute atomic E-state index is 0. The van der Waals surface area contributed by atoms with Crippen LogP contribution in [0.1, 0.15) is 18.4 Å². The molecule has 2 saturated heterocycles. The SMILES string of the molecule is CN=C(NCC1CN2CCCC2CO1)NCC1Cc2ccccc2O1.I. The molecule has 0 aliphatic carbocycles. The maximum atomic E-state index is 6.00. The van der Waals surface area contributed by atoms with Gasteiger partial charge in [-0.25, -0.2) is 0 Å². The average molecular weight is 472 g/mol. The summed E-state index contributed by atoms with van der Waals surface area (Å²) in [5.74, 6) is 1.82. The molecule has 3 unspecified atom stereocenters. The van der Waals surface area contributed by atoms with Gasteiger partial charge in [0.25, 0.3) is 0 Å². The van der Waals surface area contributed by atoms with Crippen LogP contribution in [-0.4, -0.2) is 68.9 Å². The van der Waals surface area contributed by atoms with E-state index in [0.717, 1.165) is 44.4 Å². The summed E-state index contributed by atoms with van der Waals surface area (Å²) in [6.45, 7) is 4.64. The first-order valence-corrected chi connectivity index (χ1v) is 9.36. The van der Waals surface area contributed by atoms with Crippen molar-refractivity contribution in [2.45, 2.75) is 37.5 Å². The van der Waals surface area contributed by atoms with Gasteiger partial charge in [0.05, 0.1) is 19.3 Å². The maximum absolute atomic E-state index is 6.00. The van der Waals surface area contributed by atoms with Gasteiger partial charge in [0.15, 0.2) is 5.96 Å². The van der Waals surface area contributed by atoms with E-state index in [1.54, 1.807) is 7.05 Å². The van der Waals surface area contributed by atoms with E-state index >= 15 is 0 Å². The number of hydrogen-bond donors (Lipinski definition) is 2. The predicted molar refractivity (Wildman–Crippen MR) is 114 cm³/mol. The Morgan fingerprint density at radius 1 is 1.23 bits per heavy atom. The van der Waals surface area contributed by atoms with Crippen LogP contribution >= 0.6 is 24.0 Å². The molecule has 3 heterocycles. The normalized spacial score (nSPS) is 27.9. The van der Waals surface area contributed by atoms with Crippen LogP contribution in [0.25, 0.3) is 0 Å². The third-order valence-corrected chi connectivity index (χ3v) is 5.39. The zero-order valence-electron chi connectivity index (χ0n) is 15.3. The van der Waals surface area contributed by atoms with Crippen LogP contribution in [0.2, 0.25) is 0 Å². The second-order valence-electron chi connectivity index (χ2n) is 7.13. The average Bonchev–Trinajstić information content (AvgIpc) is 3.27. The fraction of sp³-hybridized carbons (Fsp3) is 0.632. The van der Waals surface area contributed by atoms with Gasteiger partial charge in [-0.2, -0.15) is 0 Å². The Hall–Kier alpha value is -1.06. The van der Waals surface area contributed by atoms with E-state index in [1.165, 1.54) is 24.9 Å². The number of fused-ring (bicyclic) bond motifs is 2. The van der Waals surface area contributed by atoms with Gasteiger partial charge in [-0.05, 0) is 31.0 Å². The predicted octanol–water partition coefficient (Wildman–Crippen LogP) is 1.64. The lowest BCUT2D eigenvalue weighted by Crippen LogP contribution is -2.52. The van der Waals surface area contributed by atoms with Crippen LogP contribution in [-0.2, 0) is 11.2 Å². The molecule has 144 valence electrons. The van der Waals surface area contributed by atoms with Crippen molar-refractivity contribution in [3.8, 4) is 5.75 Å². The van der Waals surface area contributed by atoms with Crippen molar-refractivity contribution in [2.75, 3.05) is 39.8 Å². The number of para-hydroxylation sites is 1. The van der Waals surface area contributed by atoms with Crippen LogP contribution in [0, 0.1) is 0 Å². The summed E-state index contributed by atoms with van der Waals surface area (Å²) in [4.78, 5) is 6.88. The largest absolute Gasteiger partial charge is 0.488 e. The minimum Gasteiger partial charge on any atom is -0.488 e. The number of nitrogens with zero attached hydrogens (tertiary/aromatic N) is 2. The lowest BCUT2D eigenvalue weighted by atomic mass is 10.1. The molecule has 2 fully saturated rings. The maximum Gasteiger partial charge on any atom is 0.191 e. The van der Waals surface area contributed by atoms with Crippen LogP contribution in [0.15, 0.2) is 29.3 Å². The molecule has 3 atom stereocenters. The second-order valence-corrected chi connectivity index (χ2v) is 7.13. The minimum atomic E-state index is 0. The van der Waals surface area contributed by atoms with Crippen molar-refractivity contribution in [3.05, 3.63) is 29.8 Å². The summed E-state index contributed by atoms with van der Waals surface area (Å²) in [5.41, 5.74) is 1.29. The number of hydrogen-bond acceptors (Lipinski definition) is 4. The van der Waals surface area contributed by atoms with E-state index in [2.05, 4.69) is 32.7 Å². The van der Waals surface area contributed by atoms with E-state index in [-0.39, 0.29) is 36.2 Å². The van der Waals surface area contributed by atoms with Gasteiger partial charge < -0.3 is 20.1 Å². The molecule has 4 rings (SSSR count).